The minimum absolute atomic E-state index is 0.500. The smallest absolute Gasteiger partial charge is 0.405 e. The van der Waals surface area contributed by atoms with Gasteiger partial charge in [0.15, 0.2) is 0 Å². The zero-order valence-corrected chi connectivity index (χ0v) is 9.59. The van der Waals surface area contributed by atoms with E-state index in [0.717, 1.165) is 18.1 Å². The van der Waals surface area contributed by atoms with Crippen LogP contribution in [-0.2, 0) is 19.0 Å². The second kappa shape index (κ2) is 5.70. The second-order valence-corrected chi connectivity index (χ2v) is 3.68. The molecule has 1 aromatic rings. The molecule has 0 aliphatic carbocycles. The number of rotatable bonds is 4. The molecule has 0 radical (unpaired) electrons. The van der Waals surface area contributed by atoms with Crippen molar-refractivity contribution in [2.45, 2.75) is 32.4 Å². The topological polar surface area (TPSA) is 38.9 Å². The number of pyridine rings is 1. The molecule has 0 aliphatic heterocycles. The van der Waals surface area contributed by atoms with Gasteiger partial charge in [0.25, 0.3) is 0 Å². The number of nitrogens with two attached hydrogens (primary N) is 1. The van der Waals surface area contributed by atoms with Crippen LogP contribution in [0.5, 0.6) is 0 Å². The Morgan fingerprint density at radius 1 is 1.35 bits per heavy atom. The molecule has 0 atom stereocenters. The number of alkyl halides is 3. The molecule has 0 unspecified atom stereocenters. The number of aryl methyl sites for hydroxylation is 1. The predicted molar refractivity (Wildman–Crippen MR) is 60.3 cm³/mol. The maximum atomic E-state index is 12.5. The van der Waals surface area contributed by atoms with Crippen LogP contribution in [0.3, 0.4) is 0 Å². The van der Waals surface area contributed by atoms with Crippen molar-refractivity contribution in [1.29, 1.82) is 0 Å². The molecule has 94 valence electrons. The molecule has 0 aromatic carbocycles. The number of hydrogen-bond acceptors (Lipinski definition) is 2. The lowest BCUT2D eigenvalue weighted by atomic mass is 10.1. The van der Waals surface area contributed by atoms with Gasteiger partial charge in [-0.05, 0) is 30.7 Å². The molecule has 2 N–H and O–H groups in total. The lowest BCUT2D eigenvalue weighted by molar-refractivity contribution is -0.141. The van der Waals surface area contributed by atoms with Crippen LogP contribution in [0.25, 0.3) is 0 Å². The number of aromatic nitrogens is 1. The third-order valence-corrected chi connectivity index (χ3v) is 2.32. The molecule has 1 heterocycles. The summed E-state index contributed by atoms with van der Waals surface area (Å²) >= 11 is 0. The van der Waals surface area contributed by atoms with Crippen molar-refractivity contribution in [3.63, 3.8) is 0 Å². The van der Waals surface area contributed by atoms with Gasteiger partial charge in [0.1, 0.15) is 5.69 Å². The van der Waals surface area contributed by atoms with Crippen molar-refractivity contribution in [3.05, 3.63) is 41.4 Å². The van der Waals surface area contributed by atoms with Gasteiger partial charge in [-0.1, -0.05) is 25.5 Å². The molecule has 0 aliphatic rings. The maximum absolute atomic E-state index is 12.5. The van der Waals surface area contributed by atoms with Crippen molar-refractivity contribution < 1.29 is 13.2 Å². The summed E-state index contributed by atoms with van der Waals surface area (Å²) in [5.41, 5.74) is 5.68. The molecule has 0 bridgehead atoms. The molecule has 0 saturated carbocycles. The minimum atomic E-state index is -4.38. The van der Waals surface area contributed by atoms with E-state index in [1.54, 1.807) is 6.08 Å². The average Bonchev–Trinajstić information content (AvgIpc) is 2.26. The summed E-state index contributed by atoms with van der Waals surface area (Å²) < 4.78 is 37.5. The highest BCUT2D eigenvalue weighted by atomic mass is 19.4. The number of nitrogens with zero attached hydrogens (tertiary/aromatic N) is 1. The Labute approximate surface area is 98.4 Å². The fourth-order valence-corrected chi connectivity index (χ4v) is 1.52. The van der Waals surface area contributed by atoms with Crippen LogP contribution < -0.4 is 5.73 Å². The number of halogens is 3. The molecule has 17 heavy (non-hydrogen) atoms. The summed E-state index contributed by atoms with van der Waals surface area (Å²) in [5, 5.41) is 0. The zero-order chi connectivity index (χ0) is 12.9. The van der Waals surface area contributed by atoms with Gasteiger partial charge in [0, 0.05) is 5.69 Å². The van der Waals surface area contributed by atoms with Crippen molar-refractivity contribution in [1.82, 2.24) is 4.98 Å². The van der Waals surface area contributed by atoms with Gasteiger partial charge in [-0.25, -0.2) is 4.98 Å². The standard InChI is InChI=1S/C12H15F3N2/c1-2-4-10-9(5-3-8-16)6-7-11(17-10)12(13,14)15/h3,6-8H,2,4-5,16H2,1H3. The normalized spacial score (nSPS) is 12.2. The Hall–Kier alpha value is -1.52. The molecule has 1 rings (SSSR count). The first kappa shape index (κ1) is 13.5. The third-order valence-electron chi connectivity index (χ3n) is 2.32. The van der Waals surface area contributed by atoms with E-state index in [2.05, 4.69) is 4.98 Å². The van der Waals surface area contributed by atoms with E-state index in [4.69, 9.17) is 5.73 Å². The molecule has 0 spiro atoms. The van der Waals surface area contributed by atoms with E-state index in [1.165, 1.54) is 12.3 Å². The summed E-state index contributed by atoms with van der Waals surface area (Å²) in [6.45, 7) is 1.91. The molecular formula is C12H15F3N2. The van der Waals surface area contributed by atoms with Gasteiger partial charge >= 0.3 is 6.18 Å². The monoisotopic (exact) mass is 244 g/mol. The third kappa shape index (κ3) is 3.76. The van der Waals surface area contributed by atoms with Gasteiger partial charge in [0.05, 0.1) is 0 Å². The van der Waals surface area contributed by atoms with E-state index >= 15 is 0 Å². The maximum Gasteiger partial charge on any atom is 0.433 e. The van der Waals surface area contributed by atoms with Crippen LogP contribution in [0, 0.1) is 0 Å². The molecule has 0 saturated heterocycles. The van der Waals surface area contributed by atoms with E-state index in [9.17, 15) is 13.2 Å². The highest BCUT2D eigenvalue weighted by Gasteiger charge is 2.32. The van der Waals surface area contributed by atoms with Crippen molar-refractivity contribution >= 4 is 0 Å². The van der Waals surface area contributed by atoms with Crippen LogP contribution in [0.2, 0.25) is 0 Å². The molecule has 5 heteroatoms. The Morgan fingerprint density at radius 2 is 2.06 bits per heavy atom. The van der Waals surface area contributed by atoms with Crippen molar-refractivity contribution in [3.8, 4) is 0 Å². The van der Waals surface area contributed by atoms with Gasteiger partial charge < -0.3 is 5.73 Å². The van der Waals surface area contributed by atoms with Gasteiger partial charge in [-0.2, -0.15) is 13.2 Å². The quantitative estimate of drug-likeness (QED) is 0.884. The SMILES string of the molecule is CCCc1nc(C(F)(F)F)ccc1CC=CN. The summed E-state index contributed by atoms with van der Waals surface area (Å²) in [4.78, 5) is 3.69. The van der Waals surface area contributed by atoms with Crippen LogP contribution in [0.15, 0.2) is 24.4 Å². The highest BCUT2D eigenvalue weighted by molar-refractivity contribution is 5.26. The zero-order valence-electron chi connectivity index (χ0n) is 9.59. The van der Waals surface area contributed by atoms with Gasteiger partial charge in [-0.15, -0.1) is 0 Å². The molecule has 0 amide bonds. The fraction of sp³-hybridized carbons (Fsp3) is 0.417. The predicted octanol–water partition coefficient (Wildman–Crippen LogP) is 3.07. The Balaban J connectivity index is 3.07. The minimum Gasteiger partial charge on any atom is -0.405 e. The van der Waals surface area contributed by atoms with Crippen LogP contribution >= 0.6 is 0 Å². The van der Waals surface area contributed by atoms with Gasteiger partial charge in [0.2, 0.25) is 0 Å². The van der Waals surface area contributed by atoms with Crippen LogP contribution in [0.4, 0.5) is 13.2 Å². The molecule has 0 fully saturated rings. The number of allylic oxidation sites excluding steroid dienone is 1. The first-order chi connectivity index (χ1) is 7.99. The molecule has 1 aromatic heterocycles. The highest BCUT2D eigenvalue weighted by Crippen LogP contribution is 2.28. The average molecular weight is 244 g/mol. The van der Waals surface area contributed by atoms with E-state index < -0.39 is 11.9 Å². The largest absolute Gasteiger partial charge is 0.433 e. The van der Waals surface area contributed by atoms with Crippen LogP contribution in [0.1, 0.15) is 30.3 Å². The fourth-order valence-electron chi connectivity index (χ4n) is 1.52. The summed E-state index contributed by atoms with van der Waals surface area (Å²) in [6.07, 6.45) is 0.504. The summed E-state index contributed by atoms with van der Waals surface area (Å²) in [6, 6.07) is 2.49. The first-order valence-electron chi connectivity index (χ1n) is 5.41. The van der Waals surface area contributed by atoms with Crippen LogP contribution in [-0.4, -0.2) is 4.98 Å². The van der Waals surface area contributed by atoms with E-state index in [0.29, 0.717) is 18.5 Å². The van der Waals surface area contributed by atoms with Crippen molar-refractivity contribution in [2.75, 3.05) is 0 Å². The van der Waals surface area contributed by atoms with Crippen molar-refractivity contribution in [2.24, 2.45) is 5.73 Å². The summed E-state index contributed by atoms with van der Waals surface area (Å²) in [5.74, 6) is 0. The Morgan fingerprint density at radius 3 is 2.59 bits per heavy atom. The second-order valence-electron chi connectivity index (χ2n) is 3.68. The van der Waals surface area contributed by atoms with Gasteiger partial charge in [-0.3, -0.25) is 0 Å². The lowest BCUT2D eigenvalue weighted by Gasteiger charge is -2.11. The Bertz CT molecular complexity index is 397. The molecule has 2 nitrogen and oxygen atoms in total. The molecular weight excluding hydrogens is 229 g/mol. The Kier molecular flexibility index (Phi) is 4.54. The number of hydrogen-bond donors (Lipinski definition) is 1. The first-order valence-corrected chi connectivity index (χ1v) is 5.41. The lowest BCUT2D eigenvalue weighted by Crippen LogP contribution is -2.11. The van der Waals surface area contributed by atoms with E-state index in [-0.39, 0.29) is 0 Å². The van der Waals surface area contributed by atoms with E-state index in [1.807, 2.05) is 6.92 Å². The summed E-state index contributed by atoms with van der Waals surface area (Å²) in [7, 11) is 0.